The summed E-state index contributed by atoms with van der Waals surface area (Å²) in [6, 6.07) is 21.7. The number of carboxylic acid groups (broad SMARTS) is 1. The van der Waals surface area contributed by atoms with E-state index < -0.39 is 40.0 Å². The van der Waals surface area contributed by atoms with Gasteiger partial charge in [0.1, 0.15) is 12.1 Å². The van der Waals surface area contributed by atoms with E-state index in [0.717, 1.165) is 11.1 Å². The monoisotopic (exact) mass is 622 g/mol. The van der Waals surface area contributed by atoms with Crippen molar-refractivity contribution in [2.75, 3.05) is 11.9 Å². The summed E-state index contributed by atoms with van der Waals surface area (Å²) in [7, 11) is -3.85. The lowest BCUT2D eigenvalue weighted by Gasteiger charge is -2.26. The van der Waals surface area contributed by atoms with Crippen LogP contribution in [0.4, 0.5) is 5.69 Å². The predicted octanol–water partition coefficient (Wildman–Crippen LogP) is 3.88. The standard InChI is InChI=1S/C33H42N4O6S/c1-23(2)22-30(32(39)35-26-12-8-5-9-13-26)37-31(38)28(19-16-25-10-6-4-7-11-25)36-29(33(40)41)20-21-34-44(42,43)27-17-14-24(3)15-18-27/h4-15,17-18,23,28-30,34,36H,16,19-22H2,1-3H3,(H,35,39)(H,37,38)(H,40,41)/t28-,29-,30-/m0/s1. The van der Waals surface area contributed by atoms with E-state index in [9.17, 15) is 27.9 Å². The molecule has 0 fully saturated rings. The van der Waals surface area contributed by atoms with Crippen molar-refractivity contribution in [3.63, 3.8) is 0 Å². The van der Waals surface area contributed by atoms with Crippen molar-refractivity contribution in [1.82, 2.24) is 15.4 Å². The first kappa shape index (κ1) is 34.4. The molecule has 0 heterocycles. The fraction of sp³-hybridized carbons (Fsp3) is 0.364. The van der Waals surface area contributed by atoms with Crippen molar-refractivity contribution in [3.8, 4) is 0 Å². The summed E-state index contributed by atoms with van der Waals surface area (Å²) >= 11 is 0. The van der Waals surface area contributed by atoms with Gasteiger partial charge in [-0.05, 0) is 68.4 Å². The minimum Gasteiger partial charge on any atom is -0.480 e. The number of rotatable bonds is 17. The van der Waals surface area contributed by atoms with Crippen LogP contribution in [0, 0.1) is 12.8 Å². The number of aryl methyl sites for hydroxylation is 2. The maximum absolute atomic E-state index is 13.7. The summed E-state index contributed by atoms with van der Waals surface area (Å²) in [5, 5.41) is 18.6. The van der Waals surface area contributed by atoms with Gasteiger partial charge >= 0.3 is 5.97 Å². The number of aliphatic carboxylic acids is 1. The third-order valence-corrected chi connectivity index (χ3v) is 8.50. The SMILES string of the molecule is Cc1ccc(S(=O)(=O)NCC[C@H](N[C@@H](CCc2ccccc2)C(=O)N[C@@H](CC(C)C)C(=O)Nc2ccccc2)C(=O)O)cc1. The van der Waals surface area contributed by atoms with Crippen LogP contribution in [0.3, 0.4) is 0 Å². The lowest BCUT2D eigenvalue weighted by molar-refractivity contribution is -0.140. The van der Waals surface area contributed by atoms with E-state index in [4.69, 9.17) is 0 Å². The Morgan fingerprint density at radius 2 is 1.39 bits per heavy atom. The summed E-state index contributed by atoms with van der Waals surface area (Å²) in [6.07, 6.45) is 0.991. The quantitative estimate of drug-likeness (QED) is 0.153. The molecule has 3 atom stereocenters. The van der Waals surface area contributed by atoms with Gasteiger partial charge in [0.15, 0.2) is 0 Å². The van der Waals surface area contributed by atoms with Crippen molar-refractivity contribution < 1.29 is 27.9 Å². The molecule has 0 aliphatic rings. The summed E-state index contributed by atoms with van der Waals surface area (Å²) in [6.45, 7) is 5.57. The zero-order valence-electron chi connectivity index (χ0n) is 25.3. The lowest BCUT2D eigenvalue weighted by atomic mass is 10.00. The molecule has 11 heteroatoms. The largest absolute Gasteiger partial charge is 0.480 e. The van der Waals surface area contributed by atoms with E-state index in [0.29, 0.717) is 18.5 Å². The number of nitrogens with one attached hydrogen (secondary N) is 4. The highest BCUT2D eigenvalue weighted by Gasteiger charge is 2.30. The van der Waals surface area contributed by atoms with Crippen molar-refractivity contribution >= 4 is 33.5 Å². The van der Waals surface area contributed by atoms with Gasteiger partial charge in [0.05, 0.1) is 10.9 Å². The molecule has 0 aliphatic carbocycles. The number of benzene rings is 3. The number of amides is 2. The number of sulfonamides is 1. The van der Waals surface area contributed by atoms with Gasteiger partial charge in [-0.15, -0.1) is 0 Å². The number of hydrogen-bond donors (Lipinski definition) is 5. The molecule has 10 nitrogen and oxygen atoms in total. The maximum atomic E-state index is 13.7. The first-order chi connectivity index (χ1) is 20.9. The van der Waals surface area contributed by atoms with Gasteiger partial charge in [0.25, 0.3) is 0 Å². The molecule has 3 aromatic rings. The lowest BCUT2D eigenvalue weighted by Crippen LogP contribution is -2.55. The third kappa shape index (κ3) is 11.2. The Bertz CT molecular complexity index is 1470. The molecule has 0 aliphatic heterocycles. The summed E-state index contributed by atoms with van der Waals surface area (Å²) in [4.78, 5) is 39.2. The number of carboxylic acids is 1. The van der Waals surface area contributed by atoms with Gasteiger partial charge in [-0.3, -0.25) is 19.7 Å². The summed E-state index contributed by atoms with van der Waals surface area (Å²) < 4.78 is 27.9. The smallest absolute Gasteiger partial charge is 0.320 e. The molecule has 236 valence electrons. The molecule has 3 rings (SSSR count). The second-order valence-corrected chi connectivity index (χ2v) is 12.9. The van der Waals surface area contributed by atoms with Crippen molar-refractivity contribution in [3.05, 3.63) is 96.1 Å². The van der Waals surface area contributed by atoms with Crippen LogP contribution in [-0.4, -0.2) is 56.0 Å². The number of carbonyl (C=O) groups excluding carboxylic acids is 2. The van der Waals surface area contributed by atoms with Crippen LogP contribution in [0.15, 0.2) is 89.8 Å². The van der Waals surface area contributed by atoms with Crippen LogP contribution >= 0.6 is 0 Å². The van der Waals surface area contributed by atoms with Crippen LogP contribution in [0.2, 0.25) is 0 Å². The first-order valence-corrected chi connectivity index (χ1v) is 16.2. The number of hydrogen-bond acceptors (Lipinski definition) is 6. The number of para-hydroxylation sites is 1. The number of anilines is 1. The minimum absolute atomic E-state index is 0.0769. The van der Waals surface area contributed by atoms with Crippen LogP contribution < -0.4 is 20.7 Å². The highest BCUT2D eigenvalue weighted by Crippen LogP contribution is 2.13. The molecule has 0 bridgehead atoms. The van der Waals surface area contributed by atoms with Crippen LogP contribution in [0.25, 0.3) is 0 Å². The minimum atomic E-state index is -3.85. The molecular weight excluding hydrogens is 580 g/mol. The second kappa shape index (κ2) is 16.7. The predicted molar refractivity (Wildman–Crippen MR) is 171 cm³/mol. The molecule has 0 radical (unpaired) electrons. The highest BCUT2D eigenvalue weighted by atomic mass is 32.2. The molecule has 0 unspecified atom stereocenters. The van der Waals surface area contributed by atoms with E-state index in [-0.39, 0.29) is 36.1 Å². The average molecular weight is 623 g/mol. The molecular formula is C33H42N4O6S. The van der Waals surface area contributed by atoms with Gasteiger partial charge < -0.3 is 15.7 Å². The van der Waals surface area contributed by atoms with E-state index in [1.165, 1.54) is 12.1 Å². The Balaban J connectivity index is 1.74. The Hall–Kier alpha value is -4.06. The van der Waals surface area contributed by atoms with Gasteiger partial charge in [0.2, 0.25) is 21.8 Å². The van der Waals surface area contributed by atoms with E-state index in [2.05, 4.69) is 20.7 Å². The van der Waals surface area contributed by atoms with E-state index in [1.807, 2.05) is 57.2 Å². The molecule has 44 heavy (non-hydrogen) atoms. The molecule has 2 amide bonds. The molecule has 0 aromatic heterocycles. The first-order valence-electron chi connectivity index (χ1n) is 14.7. The Labute approximate surface area is 259 Å². The highest BCUT2D eigenvalue weighted by molar-refractivity contribution is 7.89. The zero-order valence-corrected chi connectivity index (χ0v) is 26.1. The van der Waals surface area contributed by atoms with Crippen molar-refractivity contribution in [2.45, 2.75) is 69.5 Å². The Morgan fingerprint density at radius 3 is 1.98 bits per heavy atom. The molecule has 3 aromatic carbocycles. The molecule has 0 saturated carbocycles. The third-order valence-electron chi connectivity index (χ3n) is 7.02. The normalized spacial score (nSPS) is 13.5. The van der Waals surface area contributed by atoms with Crippen LogP contribution in [0.1, 0.15) is 44.2 Å². The fourth-order valence-corrected chi connectivity index (χ4v) is 5.68. The number of carbonyl (C=O) groups is 3. The van der Waals surface area contributed by atoms with Crippen LogP contribution in [0.5, 0.6) is 0 Å². The fourth-order valence-electron chi connectivity index (χ4n) is 4.63. The average Bonchev–Trinajstić information content (AvgIpc) is 2.98. The molecule has 0 saturated heterocycles. The topological polar surface area (TPSA) is 154 Å². The van der Waals surface area contributed by atoms with Crippen LogP contribution in [-0.2, 0) is 30.8 Å². The van der Waals surface area contributed by atoms with Gasteiger partial charge in [-0.2, -0.15) is 0 Å². The van der Waals surface area contributed by atoms with E-state index in [1.54, 1.807) is 36.4 Å². The van der Waals surface area contributed by atoms with Gasteiger partial charge in [-0.1, -0.05) is 80.1 Å². The Morgan fingerprint density at radius 1 is 0.773 bits per heavy atom. The summed E-state index contributed by atoms with van der Waals surface area (Å²) in [5.74, 6) is -2.02. The molecule has 5 N–H and O–H groups in total. The maximum Gasteiger partial charge on any atom is 0.320 e. The second-order valence-electron chi connectivity index (χ2n) is 11.2. The zero-order chi connectivity index (χ0) is 32.1. The summed E-state index contributed by atoms with van der Waals surface area (Å²) in [5.41, 5.74) is 2.47. The van der Waals surface area contributed by atoms with Crippen molar-refractivity contribution in [1.29, 1.82) is 0 Å². The Kier molecular flexibility index (Phi) is 13.1. The van der Waals surface area contributed by atoms with Gasteiger partial charge in [0, 0.05) is 12.2 Å². The van der Waals surface area contributed by atoms with E-state index >= 15 is 0 Å². The van der Waals surface area contributed by atoms with Crippen molar-refractivity contribution in [2.24, 2.45) is 5.92 Å². The molecule has 0 spiro atoms. The van der Waals surface area contributed by atoms with Gasteiger partial charge in [-0.25, -0.2) is 13.1 Å².